The number of benzene rings is 4. The van der Waals surface area contributed by atoms with Crippen LogP contribution in [0.3, 0.4) is 0 Å². The SMILES string of the molecule is CC(C)(c1ccc(OC(=O)c2ccc(Cl)cc2)cc1)c1ccc(OC(=O)c2ccc(Cl)cc2)cc1. The summed E-state index contributed by atoms with van der Waals surface area (Å²) in [4.78, 5) is 24.7. The van der Waals surface area contributed by atoms with Crippen molar-refractivity contribution >= 4 is 35.1 Å². The summed E-state index contributed by atoms with van der Waals surface area (Å²) in [7, 11) is 0. The first kappa shape index (κ1) is 24.5. The maximum atomic E-state index is 12.3. The molecule has 176 valence electrons. The second-order valence-electron chi connectivity index (χ2n) is 8.47. The number of halogens is 2. The third kappa shape index (κ3) is 5.91. The maximum Gasteiger partial charge on any atom is 0.343 e. The zero-order chi connectivity index (χ0) is 25.0. The number of hydrogen-bond donors (Lipinski definition) is 0. The van der Waals surface area contributed by atoms with Crippen LogP contribution in [0, 0.1) is 0 Å². The van der Waals surface area contributed by atoms with Crippen LogP contribution in [0.25, 0.3) is 0 Å². The molecule has 0 saturated heterocycles. The molecule has 0 unspecified atom stereocenters. The lowest BCUT2D eigenvalue weighted by atomic mass is 9.78. The van der Waals surface area contributed by atoms with Crippen LogP contribution in [-0.2, 0) is 5.41 Å². The first-order valence-electron chi connectivity index (χ1n) is 10.9. The Balaban J connectivity index is 1.43. The summed E-state index contributed by atoms with van der Waals surface area (Å²) in [6, 6.07) is 27.9. The van der Waals surface area contributed by atoms with E-state index in [0.717, 1.165) is 11.1 Å². The average Bonchev–Trinajstić information content (AvgIpc) is 2.85. The molecule has 0 atom stereocenters. The van der Waals surface area contributed by atoms with E-state index in [-0.39, 0.29) is 5.41 Å². The topological polar surface area (TPSA) is 52.6 Å². The van der Waals surface area contributed by atoms with Crippen molar-refractivity contribution in [3.63, 3.8) is 0 Å². The minimum absolute atomic E-state index is 0.336. The van der Waals surface area contributed by atoms with Crippen molar-refractivity contribution in [2.24, 2.45) is 0 Å². The molecule has 0 radical (unpaired) electrons. The van der Waals surface area contributed by atoms with Crippen LogP contribution in [0.1, 0.15) is 45.7 Å². The fraction of sp³-hybridized carbons (Fsp3) is 0.103. The van der Waals surface area contributed by atoms with Crippen molar-refractivity contribution in [1.29, 1.82) is 0 Å². The van der Waals surface area contributed by atoms with Crippen molar-refractivity contribution in [2.45, 2.75) is 19.3 Å². The molecule has 4 aromatic rings. The van der Waals surface area contributed by atoms with Crippen molar-refractivity contribution in [1.82, 2.24) is 0 Å². The summed E-state index contributed by atoms with van der Waals surface area (Å²) in [5.74, 6) is 0.0118. The van der Waals surface area contributed by atoms with Crippen LogP contribution in [0.15, 0.2) is 97.1 Å². The number of rotatable bonds is 6. The van der Waals surface area contributed by atoms with E-state index in [1.165, 1.54) is 0 Å². The summed E-state index contributed by atoms with van der Waals surface area (Å²) >= 11 is 11.7. The molecule has 0 aliphatic rings. The monoisotopic (exact) mass is 504 g/mol. The Morgan fingerprint density at radius 3 is 1.17 bits per heavy atom. The number of ether oxygens (including phenoxy) is 2. The number of carbonyl (C=O) groups is 2. The summed E-state index contributed by atoms with van der Waals surface area (Å²) in [5, 5.41) is 1.11. The van der Waals surface area contributed by atoms with E-state index in [1.807, 2.05) is 24.3 Å². The van der Waals surface area contributed by atoms with Gasteiger partial charge < -0.3 is 9.47 Å². The summed E-state index contributed by atoms with van der Waals surface area (Å²) in [6.45, 7) is 4.19. The average molecular weight is 505 g/mol. The summed E-state index contributed by atoms with van der Waals surface area (Å²) in [6.07, 6.45) is 0. The fourth-order valence-corrected chi connectivity index (χ4v) is 3.80. The van der Waals surface area contributed by atoms with E-state index < -0.39 is 11.9 Å². The Kier molecular flexibility index (Phi) is 7.25. The highest BCUT2D eigenvalue weighted by Crippen LogP contribution is 2.33. The van der Waals surface area contributed by atoms with Gasteiger partial charge in [-0.25, -0.2) is 9.59 Å². The van der Waals surface area contributed by atoms with E-state index in [0.29, 0.717) is 32.7 Å². The van der Waals surface area contributed by atoms with Gasteiger partial charge in [0, 0.05) is 15.5 Å². The highest BCUT2D eigenvalue weighted by Gasteiger charge is 2.23. The van der Waals surface area contributed by atoms with Gasteiger partial charge in [-0.3, -0.25) is 0 Å². The molecule has 0 aliphatic carbocycles. The lowest BCUT2D eigenvalue weighted by molar-refractivity contribution is 0.0725. The van der Waals surface area contributed by atoms with Gasteiger partial charge in [-0.2, -0.15) is 0 Å². The van der Waals surface area contributed by atoms with Crippen molar-refractivity contribution in [3.05, 3.63) is 129 Å². The molecule has 0 heterocycles. The molecule has 4 rings (SSSR count). The quantitative estimate of drug-likeness (QED) is 0.199. The Hall–Kier alpha value is -3.60. The van der Waals surface area contributed by atoms with Gasteiger partial charge in [0.1, 0.15) is 11.5 Å². The van der Waals surface area contributed by atoms with Crippen molar-refractivity contribution in [3.8, 4) is 11.5 Å². The lowest BCUT2D eigenvalue weighted by Gasteiger charge is -2.26. The smallest absolute Gasteiger partial charge is 0.343 e. The van der Waals surface area contributed by atoms with Gasteiger partial charge in [0.15, 0.2) is 0 Å². The van der Waals surface area contributed by atoms with E-state index in [9.17, 15) is 9.59 Å². The van der Waals surface area contributed by atoms with Gasteiger partial charge in [-0.05, 0) is 83.9 Å². The third-order valence-corrected chi connectivity index (χ3v) is 6.24. The molecule has 0 aromatic heterocycles. The summed E-state index contributed by atoms with van der Waals surface area (Å²) < 4.78 is 10.9. The Morgan fingerprint density at radius 2 is 0.857 bits per heavy atom. The number of esters is 2. The molecule has 4 aromatic carbocycles. The molecule has 0 bridgehead atoms. The van der Waals surface area contributed by atoms with Gasteiger partial charge in [-0.15, -0.1) is 0 Å². The van der Waals surface area contributed by atoms with Crippen LogP contribution in [0.4, 0.5) is 0 Å². The van der Waals surface area contributed by atoms with Crippen LogP contribution >= 0.6 is 23.2 Å². The molecule has 35 heavy (non-hydrogen) atoms. The highest BCUT2D eigenvalue weighted by atomic mass is 35.5. The Bertz CT molecular complexity index is 1220. The van der Waals surface area contributed by atoms with E-state index in [4.69, 9.17) is 32.7 Å². The van der Waals surface area contributed by atoms with Crippen LogP contribution in [0.5, 0.6) is 11.5 Å². The van der Waals surface area contributed by atoms with Gasteiger partial charge in [0.05, 0.1) is 11.1 Å². The van der Waals surface area contributed by atoms with Crippen molar-refractivity contribution in [2.75, 3.05) is 0 Å². The molecule has 0 saturated carbocycles. The fourth-order valence-electron chi connectivity index (χ4n) is 3.55. The molecule has 0 aliphatic heterocycles. The summed E-state index contributed by atoms with van der Waals surface area (Å²) in [5.41, 5.74) is 2.59. The molecule has 0 N–H and O–H groups in total. The first-order chi connectivity index (χ1) is 16.7. The van der Waals surface area contributed by atoms with E-state index in [2.05, 4.69) is 13.8 Å². The van der Waals surface area contributed by atoms with Crippen LogP contribution in [0.2, 0.25) is 10.0 Å². The first-order valence-corrected chi connectivity index (χ1v) is 11.6. The predicted molar refractivity (Wildman–Crippen MR) is 138 cm³/mol. The molecule has 0 spiro atoms. The molecular formula is C29H22Cl2O4. The maximum absolute atomic E-state index is 12.3. The molecule has 6 heteroatoms. The van der Waals surface area contributed by atoms with Crippen molar-refractivity contribution < 1.29 is 19.1 Å². The molecule has 0 fully saturated rings. The molecule has 0 amide bonds. The largest absolute Gasteiger partial charge is 0.423 e. The van der Waals surface area contributed by atoms with Crippen LogP contribution in [-0.4, -0.2) is 11.9 Å². The van der Waals surface area contributed by atoms with Crippen LogP contribution < -0.4 is 9.47 Å². The second kappa shape index (κ2) is 10.3. The minimum atomic E-state index is -0.447. The number of carbonyl (C=O) groups excluding carboxylic acids is 2. The van der Waals surface area contributed by atoms with Gasteiger partial charge in [-0.1, -0.05) is 61.3 Å². The zero-order valence-electron chi connectivity index (χ0n) is 19.1. The Morgan fingerprint density at radius 1 is 0.543 bits per heavy atom. The standard InChI is InChI=1S/C29H22Cl2O4/c1-29(2,21-7-15-25(16-8-21)34-27(32)19-3-11-23(30)12-4-19)22-9-17-26(18-10-22)35-28(33)20-5-13-24(31)14-6-20/h3-18H,1-2H3. The van der Waals surface area contributed by atoms with Gasteiger partial charge >= 0.3 is 11.9 Å². The number of hydrogen-bond acceptors (Lipinski definition) is 4. The molecule has 4 nitrogen and oxygen atoms in total. The predicted octanol–water partition coefficient (Wildman–Crippen LogP) is 7.76. The Labute approximate surface area is 214 Å². The highest BCUT2D eigenvalue weighted by molar-refractivity contribution is 6.31. The zero-order valence-corrected chi connectivity index (χ0v) is 20.6. The van der Waals surface area contributed by atoms with E-state index in [1.54, 1.807) is 72.8 Å². The third-order valence-electron chi connectivity index (χ3n) is 5.73. The normalized spacial score (nSPS) is 11.1. The van der Waals surface area contributed by atoms with E-state index >= 15 is 0 Å². The van der Waals surface area contributed by atoms with Gasteiger partial charge in [0.25, 0.3) is 0 Å². The van der Waals surface area contributed by atoms with Gasteiger partial charge in [0.2, 0.25) is 0 Å². The second-order valence-corrected chi connectivity index (χ2v) is 9.34. The lowest BCUT2D eigenvalue weighted by Crippen LogP contribution is -2.19. The minimum Gasteiger partial charge on any atom is -0.423 e. The molecular weight excluding hydrogens is 483 g/mol.